The molecule has 14 heavy (non-hydrogen) atoms. The van der Waals surface area contributed by atoms with E-state index in [9.17, 15) is 4.79 Å². The standard InChI is InChI=1S/C8H10N4OS/c1-2-5-11-8(13)12(10-9-11)7-4-3-6-14-7/h3-4,6H,2,5H2,1H3. The lowest BCUT2D eigenvalue weighted by Gasteiger charge is -1.92. The minimum Gasteiger partial charge on any atom is -0.244 e. The highest BCUT2D eigenvalue weighted by Gasteiger charge is 2.07. The molecule has 6 heteroatoms. The van der Waals surface area contributed by atoms with Crippen LogP contribution in [0, 0.1) is 0 Å². The van der Waals surface area contributed by atoms with E-state index in [1.807, 2.05) is 24.4 Å². The van der Waals surface area contributed by atoms with Gasteiger partial charge in [-0.2, -0.15) is 9.36 Å². The minimum atomic E-state index is -0.172. The fourth-order valence-corrected chi connectivity index (χ4v) is 1.82. The van der Waals surface area contributed by atoms with Gasteiger partial charge in [-0.25, -0.2) is 4.79 Å². The molecule has 0 aromatic carbocycles. The third-order valence-corrected chi connectivity index (χ3v) is 2.63. The van der Waals surface area contributed by atoms with Crippen molar-refractivity contribution in [1.82, 2.24) is 19.8 Å². The smallest absolute Gasteiger partial charge is 0.244 e. The highest BCUT2D eigenvalue weighted by Crippen LogP contribution is 2.10. The molecule has 0 aliphatic carbocycles. The Balaban J connectivity index is 2.42. The van der Waals surface area contributed by atoms with Gasteiger partial charge in [0.05, 0.1) is 0 Å². The number of hydrogen-bond donors (Lipinski definition) is 0. The lowest BCUT2D eigenvalue weighted by Crippen LogP contribution is -2.23. The third kappa shape index (κ3) is 1.48. The van der Waals surface area contributed by atoms with Gasteiger partial charge in [0, 0.05) is 6.54 Å². The predicted octanol–water partition coefficient (Wildman–Crippen LogP) is 0.900. The van der Waals surface area contributed by atoms with E-state index in [0.29, 0.717) is 6.54 Å². The molecule has 2 heterocycles. The van der Waals surface area contributed by atoms with E-state index in [-0.39, 0.29) is 5.69 Å². The van der Waals surface area contributed by atoms with Crippen LogP contribution in [0.4, 0.5) is 0 Å². The fraction of sp³-hybridized carbons (Fsp3) is 0.375. The maximum Gasteiger partial charge on any atom is 0.369 e. The molecule has 2 aromatic rings. The Morgan fingerprint density at radius 3 is 3.00 bits per heavy atom. The molecule has 0 saturated carbocycles. The van der Waals surface area contributed by atoms with Crippen LogP contribution in [0.2, 0.25) is 0 Å². The van der Waals surface area contributed by atoms with Crippen LogP contribution >= 0.6 is 11.3 Å². The molecule has 5 nitrogen and oxygen atoms in total. The van der Waals surface area contributed by atoms with Crippen molar-refractivity contribution < 1.29 is 0 Å². The van der Waals surface area contributed by atoms with Crippen molar-refractivity contribution in [2.24, 2.45) is 0 Å². The van der Waals surface area contributed by atoms with E-state index < -0.39 is 0 Å². The monoisotopic (exact) mass is 210 g/mol. The summed E-state index contributed by atoms with van der Waals surface area (Å²) in [7, 11) is 0. The summed E-state index contributed by atoms with van der Waals surface area (Å²) >= 11 is 1.47. The predicted molar refractivity (Wildman–Crippen MR) is 53.8 cm³/mol. The molecule has 0 unspecified atom stereocenters. The van der Waals surface area contributed by atoms with Gasteiger partial charge in [0.1, 0.15) is 5.00 Å². The second kappa shape index (κ2) is 3.75. The first-order valence-corrected chi connectivity index (χ1v) is 5.27. The molecule has 0 amide bonds. The van der Waals surface area contributed by atoms with Crippen molar-refractivity contribution in [1.29, 1.82) is 0 Å². The second-order valence-corrected chi connectivity index (χ2v) is 3.77. The Morgan fingerprint density at radius 1 is 1.50 bits per heavy atom. The average Bonchev–Trinajstić information content (AvgIpc) is 2.77. The highest BCUT2D eigenvalue weighted by atomic mass is 32.1. The highest BCUT2D eigenvalue weighted by molar-refractivity contribution is 7.12. The summed E-state index contributed by atoms with van der Waals surface area (Å²) in [5, 5.41) is 10.3. The largest absolute Gasteiger partial charge is 0.369 e. The Labute approximate surface area is 84.6 Å². The number of aromatic nitrogens is 4. The molecular formula is C8H10N4OS. The molecule has 0 bridgehead atoms. The first-order valence-electron chi connectivity index (χ1n) is 4.39. The van der Waals surface area contributed by atoms with Gasteiger partial charge >= 0.3 is 5.69 Å². The zero-order chi connectivity index (χ0) is 9.97. The van der Waals surface area contributed by atoms with Crippen LogP contribution in [-0.4, -0.2) is 19.8 Å². The van der Waals surface area contributed by atoms with Crippen LogP contribution < -0.4 is 5.69 Å². The van der Waals surface area contributed by atoms with E-state index in [2.05, 4.69) is 10.4 Å². The average molecular weight is 210 g/mol. The third-order valence-electron chi connectivity index (χ3n) is 1.79. The number of aryl methyl sites for hydroxylation is 1. The van der Waals surface area contributed by atoms with E-state index in [4.69, 9.17) is 0 Å². The maximum absolute atomic E-state index is 11.7. The van der Waals surface area contributed by atoms with E-state index in [1.54, 1.807) is 0 Å². The van der Waals surface area contributed by atoms with Crippen LogP contribution in [0.1, 0.15) is 13.3 Å². The Hall–Kier alpha value is -1.43. The van der Waals surface area contributed by atoms with Gasteiger partial charge in [-0.3, -0.25) is 0 Å². The van der Waals surface area contributed by atoms with Gasteiger partial charge < -0.3 is 0 Å². The summed E-state index contributed by atoms with van der Waals surface area (Å²) in [4.78, 5) is 11.7. The Bertz CT molecular complexity index is 456. The molecule has 0 radical (unpaired) electrons. The molecule has 74 valence electrons. The number of rotatable bonds is 3. The van der Waals surface area contributed by atoms with Gasteiger partial charge in [0.15, 0.2) is 0 Å². The Morgan fingerprint density at radius 2 is 2.36 bits per heavy atom. The molecule has 0 atom stereocenters. The van der Waals surface area contributed by atoms with Crippen molar-refractivity contribution in [2.75, 3.05) is 0 Å². The summed E-state index contributed by atoms with van der Waals surface area (Å²) in [5.74, 6) is 0. The van der Waals surface area contributed by atoms with E-state index in [1.165, 1.54) is 20.7 Å². The van der Waals surface area contributed by atoms with Crippen molar-refractivity contribution in [3.63, 3.8) is 0 Å². The van der Waals surface area contributed by atoms with Gasteiger partial charge in [0.2, 0.25) is 0 Å². The van der Waals surface area contributed by atoms with Crippen molar-refractivity contribution in [2.45, 2.75) is 19.9 Å². The van der Waals surface area contributed by atoms with Gasteiger partial charge in [0.25, 0.3) is 0 Å². The van der Waals surface area contributed by atoms with Crippen LogP contribution in [0.3, 0.4) is 0 Å². The first kappa shape index (κ1) is 9.14. The molecule has 0 aliphatic heterocycles. The lowest BCUT2D eigenvalue weighted by atomic mass is 10.5. The van der Waals surface area contributed by atoms with Crippen LogP contribution in [-0.2, 0) is 6.54 Å². The topological polar surface area (TPSA) is 52.7 Å². The SMILES string of the molecule is CCCn1nnn(-c2cccs2)c1=O. The number of tetrazole rings is 1. The summed E-state index contributed by atoms with van der Waals surface area (Å²) < 4.78 is 2.69. The lowest BCUT2D eigenvalue weighted by molar-refractivity contribution is 0.564. The quantitative estimate of drug-likeness (QED) is 0.756. The zero-order valence-electron chi connectivity index (χ0n) is 7.75. The molecule has 0 saturated heterocycles. The zero-order valence-corrected chi connectivity index (χ0v) is 8.57. The molecule has 2 rings (SSSR count). The van der Waals surface area contributed by atoms with Crippen LogP contribution in [0.5, 0.6) is 0 Å². The van der Waals surface area contributed by atoms with E-state index in [0.717, 1.165) is 11.4 Å². The van der Waals surface area contributed by atoms with Crippen LogP contribution in [0.15, 0.2) is 22.3 Å². The molecule has 0 fully saturated rings. The van der Waals surface area contributed by atoms with E-state index >= 15 is 0 Å². The summed E-state index contributed by atoms with van der Waals surface area (Å²) in [6, 6.07) is 3.72. The Kier molecular flexibility index (Phi) is 2.45. The van der Waals surface area contributed by atoms with Crippen molar-refractivity contribution in [3.8, 4) is 5.00 Å². The molecule has 0 aliphatic rings. The molecular weight excluding hydrogens is 200 g/mol. The van der Waals surface area contributed by atoms with Crippen LogP contribution in [0.25, 0.3) is 5.00 Å². The summed E-state index contributed by atoms with van der Waals surface area (Å²) in [6.45, 7) is 2.61. The number of nitrogens with zero attached hydrogens (tertiary/aromatic N) is 4. The summed E-state index contributed by atoms with van der Waals surface area (Å²) in [6.07, 6.45) is 0.878. The first-order chi connectivity index (χ1) is 6.83. The fourth-order valence-electron chi connectivity index (χ4n) is 1.16. The van der Waals surface area contributed by atoms with Crippen molar-refractivity contribution in [3.05, 3.63) is 28.0 Å². The van der Waals surface area contributed by atoms with Crippen molar-refractivity contribution >= 4 is 11.3 Å². The molecule has 0 spiro atoms. The molecule has 2 aromatic heterocycles. The second-order valence-electron chi connectivity index (χ2n) is 2.85. The normalized spacial score (nSPS) is 10.6. The number of thiophene rings is 1. The number of hydrogen-bond acceptors (Lipinski definition) is 4. The van der Waals surface area contributed by atoms with Gasteiger partial charge in [-0.15, -0.1) is 11.3 Å². The summed E-state index contributed by atoms with van der Waals surface area (Å²) in [5.41, 5.74) is -0.172. The van der Waals surface area contributed by atoms with Gasteiger partial charge in [-0.1, -0.05) is 6.92 Å². The maximum atomic E-state index is 11.7. The molecule has 0 N–H and O–H groups in total. The minimum absolute atomic E-state index is 0.172. The van der Waals surface area contributed by atoms with Gasteiger partial charge in [-0.05, 0) is 34.4 Å².